The van der Waals surface area contributed by atoms with Gasteiger partial charge < -0.3 is 20.4 Å². The molecule has 1 atom stereocenters. The maximum atomic E-state index is 13.5. The fraction of sp³-hybridized carbons (Fsp3) is 0.438. The number of carbonyl (C=O) groups excluding carboxylic acids is 3. The maximum absolute atomic E-state index is 13.5. The Morgan fingerprint density at radius 3 is 2.30 bits per heavy atom. The van der Waals surface area contributed by atoms with Gasteiger partial charge >= 0.3 is 0 Å². The first-order valence-corrected chi connectivity index (χ1v) is 16.7. The molecule has 0 radical (unpaired) electrons. The van der Waals surface area contributed by atoms with Gasteiger partial charge in [-0.25, -0.2) is 13.1 Å². The van der Waals surface area contributed by atoms with Crippen molar-refractivity contribution in [3.05, 3.63) is 67.0 Å². The van der Waals surface area contributed by atoms with Crippen molar-refractivity contribution in [3.63, 3.8) is 0 Å². The van der Waals surface area contributed by atoms with Crippen LogP contribution in [0.2, 0.25) is 0 Å². The monoisotopic (exact) mass is 620 g/mol. The van der Waals surface area contributed by atoms with E-state index in [9.17, 15) is 22.8 Å². The Balaban J connectivity index is 1.18. The highest BCUT2D eigenvalue weighted by atomic mass is 32.2. The third kappa shape index (κ3) is 7.92. The molecule has 11 nitrogen and oxygen atoms in total. The first-order valence-electron chi connectivity index (χ1n) is 15.2. The van der Waals surface area contributed by atoms with Crippen LogP contribution in [0.15, 0.2) is 71.9 Å². The van der Waals surface area contributed by atoms with Gasteiger partial charge in [0.05, 0.1) is 11.4 Å². The van der Waals surface area contributed by atoms with Gasteiger partial charge in [0, 0.05) is 56.7 Å². The van der Waals surface area contributed by atoms with Crippen LogP contribution in [0.1, 0.15) is 32.6 Å². The summed E-state index contributed by atoms with van der Waals surface area (Å²) >= 11 is 0. The molecule has 3 heterocycles. The number of rotatable bonds is 10. The Labute approximate surface area is 258 Å². The predicted molar refractivity (Wildman–Crippen MR) is 168 cm³/mol. The quantitative estimate of drug-likeness (QED) is 0.316. The number of hydrogen-bond acceptors (Lipinski definition) is 7. The van der Waals surface area contributed by atoms with Crippen molar-refractivity contribution in [1.29, 1.82) is 0 Å². The number of piperidine rings is 2. The van der Waals surface area contributed by atoms with E-state index in [0.29, 0.717) is 31.8 Å². The second-order valence-corrected chi connectivity index (χ2v) is 13.4. The Bertz CT molecular complexity index is 1570. The first-order chi connectivity index (χ1) is 21.2. The van der Waals surface area contributed by atoms with E-state index >= 15 is 0 Å². The summed E-state index contributed by atoms with van der Waals surface area (Å²) in [6.07, 6.45) is 6.55. The third-order valence-corrected chi connectivity index (χ3v) is 9.96. The second-order valence-electron chi connectivity index (χ2n) is 11.7. The van der Waals surface area contributed by atoms with Crippen LogP contribution in [0.3, 0.4) is 0 Å². The topological polar surface area (TPSA) is 141 Å². The van der Waals surface area contributed by atoms with Gasteiger partial charge in [0.25, 0.3) is 0 Å². The molecule has 234 valence electrons. The van der Waals surface area contributed by atoms with E-state index in [1.54, 1.807) is 29.4 Å². The molecule has 1 unspecified atom stereocenters. The minimum Gasteiger partial charge on any atom is -0.371 e. The van der Waals surface area contributed by atoms with Gasteiger partial charge in [0.15, 0.2) is 0 Å². The van der Waals surface area contributed by atoms with Crippen molar-refractivity contribution >= 4 is 44.2 Å². The van der Waals surface area contributed by atoms with Crippen LogP contribution < -0.4 is 20.3 Å². The van der Waals surface area contributed by atoms with E-state index in [1.165, 1.54) is 6.07 Å². The van der Waals surface area contributed by atoms with Crippen LogP contribution in [-0.4, -0.2) is 81.3 Å². The highest BCUT2D eigenvalue weighted by molar-refractivity contribution is 7.89. The number of likely N-dealkylation sites (tertiary alicyclic amines) is 1. The summed E-state index contributed by atoms with van der Waals surface area (Å²) < 4.78 is 28.2. The van der Waals surface area contributed by atoms with E-state index < -0.39 is 28.5 Å². The Morgan fingerprint density at radius 1 is 0.909 bits per heavy atom. The molecule has 2 saturated heterocycles. The zero-order valence-corrected chi connectivity index (χ0v) is 25.8. The summed E-state index contributed by atoms with van der Waals surface area (Å²) in [6.45, 7) is 4.12. The summed E-state index contributed by atoms with van der Waals surface area (Å²) in [6, 6.07) is 15.0. The lowest BCUT2D eigenvalue weighted by Gasteiger charge is -2.34. The molecule has 3 N–H and O–H groups in total. The molecule has 2 aromatic carbocycles. The van der Waals surface area contributed by atoms with E-state index in [4.69, 9.17) is 0 Å². The molecule has 5 rings (SSSR count). The smallest absolute Gasteiger partial charge is 0.246 e. The van der Waals surface area contributed by atoms with Gasteiger partial charge in [-0.05, 0) is 66.6 Å². The highest BCUT2D eigenvalue weighted by Gasteiger charge is 2.31. The van der Waals surface area contributed by atoms with Crippen LogP contribution in [0, 0.1) is 11.8 Å². The van der Waals surface area contributed by atoms with Gasteiger partial charge in [0.2, 0.25) is 27.7 Å². The number of anilines is 1. The van der Waals surface area contributed by atoms with Crippen molar-refractivity contribution < 1.29 is 22.8 Å². The van der Waals surface area contributed by atoms with E-state index in [0.717, 1.165) is 42.4 Å². The number of benzene rings is 2. The number of pyridine rings is 1. The average Bonchev–Trinajstić information content (AvgIpc) is 3.06. The standard InChI is InChI=1S/C32H40N6O5S/c1-23-10-16-38(17-11-23)32(41)29(21-34-31(40)25-12-18-37(19-13-25)27-8-14-33-15-9-27)36-30(39)22-35-44(42,43)28-7-6-24-4-2-3-5-26(24)20-28/h2-9,14-15,20,23,25,29,35H,10-13,16-19,21-22H2,1H3,(H,34,40)(H,36,39). The lowest BCUT2D eigenvalue weighted by Crippen LogP contribution is -2.56. The number of nitrogens with zero attached hydrogens (tertiary/aromatic N) is 3. The maximum Gasteiger partial charge on any atom is 0.246 e. The van der Waals surface area contributed by atoms with Gasteiger partial charge in [-0.3, -0.25) is 19.4 Å². The molecule has 2 aliphatic rings. The van der Waals surface area contributed by atoms with Gasteiger partial charge in [-0.15, -0.1) is 0 Å². The molecule has 3 aromatic rings. The molecule has 2 fully saturated rings. The third-order valence-electron chi connectivity index (χ3n) is 8.56. The van der Waals surface area contributed by atoms with E-state index in [-0.39, 0.29) is 29.2 Å². The normalized spacial score (nSPS) is 17.3. The lowest BCUT2D eigenvalue weighted by atomic mass is 9.95. The van der Waals surface area contributed by atoms with Crippen molar-refractivity contribution in [1.82, 2.24) is 25.2 Å². The lowest BCUT2D eigenvalue weighted by molar-refractivity contribution is -0.137. The number of sulfonamides is 1. The van der Waals surface area contributed by atoms with Crippen LogP contribution >= 0.6 is 0 Å². The zero-order chi connectivity index (χ0) is 31.1. The van der Waals surface area contributed by atoms with Crippen LogP contribution in [0.5, 0.6) is 0 Å². The zero-order valence-electron chi connectivity index (χ0n) is 24.9. The summed E-state index contributed by atoms with van der Waals surface area (Å²) in [5.74, 6) is -0.789. The van der Waals surface area contributed by atoms with Crippen LogP contribution in [-0.2, 0) is 24.4 Å². The van der Waals surface area contributed by atoms with Gasteiger partial charge in [-0.1, -0.05) is 37.3 Å². The van der Waals surface area contributed by atoms with E-state index in [1.807, 2.05) is 36.4 Å². The number of aromatic nitrogens is 1. The van der Waals surface area contributed by atoms with Crippen LogP contribution in [0.25, 0.3) is 10.8 Å². The van der Waals surface area contributed by atoms with Gasteiger partial charge in [0.1, 0.15) is 6.04 Å². The number of fused-ring (bicyclic) bond motifs is 1. The number of amides is 3. The minimum absolute atomic E-state index is 0.0429. The number of nitrogens with one attached hydrogen (secondary N) is 3. The van der Waals surface area contributed by atoms with Crippen molar-refractivity contribution in [2.24, 2.45) is 11.8 Å². The van der Waals surface area contributed by atoms with Crippen LogP contribution in [0.4, 0.5) is 5.69 Å². The average molecular weight is 621 g/mol. The summed E-state index contributed by atoms with van der Waals surface area (Å²) in [7, 11) is -3.98. The van der Waals surface area contributed by atoms with Crippen molar-refractivity contribution in [3.8, 4) is 0 Å². The molecule has 2 aliphatic heterocycles. The van der Waals surface area contributed by atoms with Crippen molar-refractivity contribution in [2.45, 2.75) is 43.5 Å². The molecule has 0 spiro atoms. The second kappa shape index (κ2) is 14.2. The Kier molecular flexibility index (Phi) is 10.1. The Hall–Kier alpha value is -4.03. The number of hydrogen-bond donors (Lipinski definition) is 3. The highest BCUT2D eigenvalue weighted by Crippen LogP contribution is 2.23. The molecule has 0 saturated carbocycles. The minimum atomic E-state index is -3.98. The fourth-order valence-electron chi connectivity index (χ4n) is 5.77. The molecule has 3 amide bonds. The summed E-state index contributed by atoms with van der Waals surface area (Å²) in [4.78, 5) is 47.6. The molecule has 44 heavy (non-hydrogen) atoms. The predicted octanol–water partition coefficient (Wildman–Crippen LogP) is 2.29. The fourth-order valence-corrected chi connectivity index (χ4v) is 6.79. The SMILES string of the molecule is CC1CCN(C(=O)C(CNC(=O)C2CCN(c3ccncc3)CC2)NC(=O)CNS(=O)(=O)c2ccc3ccccc3c2)CC1. The van der Waals surface area contributed by atoms with E-state index in [2.05, 4.69) is 32.2 Å². The summed E-state index contributed by atoms with van der Waals surface area (Å²) in [5.41, 5.74) is 1.07. The molecular weight excluding hydrogens is 580 g/mol. The Morgan fingerprint density at radius 2 is 1.59 bits per heavy atom. The van der Waals surface area contributed by atoms with Gasteiger partial charge in [-0.2, -0.15) is 0 Å². The molecule has 0 bridgehead atoms. The molecule has 12 heteroatoms. The number of carbonyl (C=O) groups is 3. The molecule has 1 aromatic heterocycles. The van der Waals surface area contributed by atoms with Crippen molar-refractivity contribution in [2.75, 3.05) is 44.2 Å². The summed E-state index contributed by atoms with van der Waals surface area (Å²) in [5, 5.41) is 7.23. The first kappa shape index (κ1) is 31.4. The molecular formula is C32H40N6O5S. The molecule has 0 aliphatic carbocycles. The largest absolute Gasteiger partial charge is 0.371 e.